The normalized spacial score (nSPS) is 20.5. The van der Waals surface area contributed by atoms with E-state index in [1.807, 2.05) is 48.5 Å². The lowest BCUT2D eigenvalue weighted by Crippen LogP contribution is -2.44. The third-order valence-corrected chi connectivity index (χ3v) is 12.2. The molecule has 10 heteroatoms. The van der Waals surface area contributed by atoms with E-state index >= 15 is 0 Å². The third kappa shape index (κ3) is 14.6. The highest BCUT2D eigenvalue weighted by atomic mass is 16.5. The van der Waals surface area contributed by atoms with Crippen LogP contribution in [0.4, 0.5) is 11.4 Å². The van der Waals surface area contributed by atoms with Crippen LogP contribution < -0.4 is 20.9 Å². The Bertz CT molecular complexity index is 1790. The van der Waals surface area contributed by atoms with Crippen LogP contribution in [0.25, 0.3) is 12.2 Å². The van der Waals surface area contributed by atoms with E-state index < -0.39 is 29.7 Å². The Hall–Kier alpha value is -4.48. The molecule has 1 unspecified atom stereocenters. The van der Waals surface area contributed by atoms with Gasteiger partial charge < -0.3 is 40.6 Å². The van der Waals surface area contributed by atoms with Gasteiger partial charge in [0.25, 0.3) is 0 Å². The predicted molar refractivity (Wildman–Crippen MR) is 235 cm³/mol. The minimum atomic E-state index is -2.95. The van der Waals surface area contributed by atoms with Gasteiger partial charge in [0.05, 0.1) is 19.1 Å². The summed E-state index contributed by atoms with van der Waals surface area (Å²) in [6.07, 6.45) is 19.6. The van der Waals surface area contributed by atoms with Crippen LogP contribution in [0.1, 0.15) is 106 Å². The number of rotatable bonds is 23. The highest BCUT2D eigenvalue weighted by Gasteiger charge is 2.43. The predicted octanol–water partition coefficient (Wildman–Crippen LogP) is 8.79. The van der Waals surface area contributed by atoms with Crippen molar-refractivity contribution in [3.05, 3.63) is 95.6 Å². The molecule has 0 spiro atoms. The molecular weight excluding hydrogens is 745 g/mol. The van der Waals surface area contributed by atoms with E-state index in [0.29, 0.717) is 36.3 Å². The summed E-state index contributed by atoms with van der Waals surface area (Å²) in [5.41, 5.74) is 14.4. The number of nitrogens with two attached hydrogens (primary N) is 2. The van der Waals surface area contributed by atoms with E-state index in [2.05, 4.69) is 0 Å². The maximum atomic E-state index is 13.5. The molecule has 59 heavy (non-hydrogen) atoms. The zero-order chi connectivity index (χ0) is 42.0. The molecule has 5 rings (SSSR count). The van der Waals surface area contributed by atoms with Crippen LogP contribution in [0.5, 0.6) is 11.5 Å². The molecule has 1 atom stereocenters. The number of nitrogen functional groups attached to an aromatic ring is 2. The Labute approximate surface area is 351 Å². The molecule has 0 amide bonds. The number of methoxy groups -OCH3 is 2. The second kappa shape index (κ2) is 23.3. The molecule has 3 aromatic rings. The number of allylic oxidation sites excluding steroid dienone is 1. The fraction of sp³-hybridized carbons (Fsp3) is 0.510. The van der Waals surface area contributed by atoms with Crippen molar-refractivity contribution in [3.8, 4) is 11.5 Å². The molecule has 2 aliphatic rings. The lowest BCUT2D eigenvalue weighted by Gasteiger charge is -2.30. The van der Waals surface area contributed by atoms with E-state index in [-0.39, 0.29) is 11.3 Å². The van der Waals surface area contributed by atoms with E-state index in [0.717, 1.165) is 73.9 Å². The minimum Gasteiger partial charge on any atom is -0.493 e. The maximum absolute atomic E-state index is 13.5. The van der Waals surface area contributed by atoms with E-state index in [1.165, 1.54) is 75.7 Å². The summed E-state index contributed by atoms with van der Waals surface area (Å²) in [7, 11) is 3.51. The van der Waals surface area contributed by atoms with E-state index in [1.54, 1.807) is 26.4 Å². The van der Waals surface area contributed by atoms with Gasteiger partial charge in [0.15, 0.2) is 5.78 Å². The first-order valence-electron chi connectivity index (χ1n) is 21.5. The topological polar surface area (TPSA) is 164 Å². The Morgan fingerprint density at radius 3 is 1.59 bits per heavy atom. The molecule has 2 saturated carbocycles. The number of hydrogen-bond acceptors (Lipinski definition) is 10. The highest BCUT2D eigenvalue weighted by molar-refractivity contribution is 6.01. The second-order valence-electron chi connectivity index (χ2n) is 16.7. The first-order valence-corrected chi connectivity index (χ1v) is 21.5. The van der Waals surface area contributed by atoms with Gasteiger partial charge in [0.2, 0.25) is 11.6 Å². The molecule has 10 nitrogen and oxygen atoms in total. The molecule has 2 aliphatic carbocycles. The number of carbonyl (C=O) groups excluding carboxylic acids is 2. The zero-order valence-corrected chi connectivity index (χ0v) is 35.1. The number of ether oxygens (including phenoxy) is 4. The van der Waals surface area contributed by atoms with Gasteiger partial charge in [-0.1, -0.05) is 68.2 Å². The molecule has 0 radical (unpaired) electrons. The Balaban J connectivity index is 1.13. The molecule has 0 aliphatic heterocycles. The average Bonchev–Trinajstić information content (AvgIpc) is 3.24. The largest absolute Gasteiger partial charge is 0.493 e. The van der Waals surface area contributed by atoms with Crippen molar-refractivity contribution in [1.29, 1.82) is 0 Å². The summed E-state index contributed by atoms with van der Waals surface area (Å²) < 4.78 is 22.6. The molecule has 0 aromatic heterocycles. The van der Waals surface area contributed by atoms with Crippen molar-refractivity contribution in [3.63, 3.8) is 0 Å². The minimum absolute atomic E-state index is 0.146. The first kappa shape index (κ1) is 45.6. The van der Waals surface area contributed by atoms with E-state index in [4.69, 9.17) is 30.4 Å². The van der Waals surface area contributed by atoms with Crippen LogP contribution in [-0.4, -0.2) is 68.2 Å². The summed E-state index contributed by atoms with van der Waals surface area (Å²) in [5.74, 6) is -1.56. The van der Waals surface area contributed by atoms with Gasteiger partial charge >= 0.3 is 0 Å². The quantitative estimate of drug-likeness (QED) is 0.0315. The number of hydrogen-bond donors (Lipinski definition) is 4. The van der Waals surface area contributed by atoms with Crippen LogP contribution in [0.3, 0.4) is 0 Å². The first-order chi connectivity index (χ1) is 28.5. The lowest BCUT2D eigenvalue weighted by atomic mass is 9.80. The number of anilines is 2. The van der Waals surface area contributed by atoms with Crippen LogP contribution in [0.15, 0.2) is 78.9 Å². The lowest BCUT2D eigenvalue weighted by molar-refractivity contribution is -0.187. The van der Waals surface area contributed by atoms with Crippen LogP contribution >= 0.6 is 0 Å². The fourth-order valence-electron chi connectivity index (χ4n) is 8.49. The smallest absolute Gasteiger partial charge is 0.235 e. The maximum Gasteiger partial charge on any atom is 0.235 e. The highest BCUT2D eigenvalue weighted by Crippen LogP contribution is 2.37. The van der Waals surface area contributed by atoms with Gasteiger partial charge in [-0.15, -0.1) is 0 Å². The molecule has 2 fully saturated rings. The SMILES string of the molecule is COCCCC1CCC(COc2ccc(C=CC(=O)CC(c3ccc(N)cc3N)C(O)(O)C(=O)C=Cc3ccc(OCC4CCC(CCCOC)CC4)cc3)cc2)CC1. The fourth-order valence-corrected chi connectivity index (χ4v) is 8.49. The zero-order valence-electron chi connectivity index (χ0n) is 35.1. The summed E-state index contributed by atoms with van der Waals surface area (Å²) in [6, 6.07) is 19.3. The van der Waals surface area contributed by atoms with Gasteiger partial charge in [-0.3, -0.25) is 9.59 Å². The Morgan fingerprint density at radius 2 is 1.14 bits per heavy atom. The number of benzene rings is 3. The summed E-state index contributed by atoms with van der Waals surface area (Å²) in [5, 5.41) is 22.8. The summed E-state index contributed by atoms with van der Waals surface area (Å²) in [6.45, 7) is 3.01. The molecule has 3 aromatic carbocycles. The van der Waals surface area contributed by atoms with Gasteiger partial charge in [0.1, 0.15) is 11.5 Å². The molecular formula is C49H66N2O8. The van der Waals surface area contributed by atoms with Crippen molar-refractivity contribution in [2.75, 3.05) is 52.1 Å². The number of aliphatic hydroxyl groups is 2. The monoisotopic (exact) mass is 810 g/mol. The Kier molecular flexibility index (Phi) is 18.0. The van der Waals surface area contributed by atoms with Gasteiger partial charge in [-0.05, 0) is 140 Å². The van der Waals surface area contributed by atoms with Gasteiger partial charge in [-0.25, -0.2) is 0 Å². The Morgan fingerprint density at radius 1 is 0.678 bits per heavy atom. The average molecular weight is 811 g/mol. The summed E-state index contributed by atoms with van der Waals surface area (Å²) >= 11 is 0. The van der Waals surface area contributed by atoms with Crippen molar-refractivity contribution in [2.24, 2.45) is 23.7 Å². The molecule has 0 bridgehead atoms. The van der Waals surface area contributed by atoms with Crippen LogP contribution in [0.2, 0.25) is 0 Å². The number of carbonyl (C=O) groups is 2. The third-order valence-electron chi connectivity index (χ3n) is 12.2. The molecule has 0 heterocycles. The number of ketones is 2. The molecule has 320 valence electrons. The van der Waals surface area contributed by atoms with Crippen molar-refractivity contribution < 1.29 is 38.7 Å². The van der Waals surface area contributed by atoms with Crippen molar-refractivity contribution in [2.45, 2.75) is 95.2 Å². The summed E-state index contributed by atoms with van der Waals surface area (Å²) in [4.78, 5) is 26.8. The van der Waals surface area contributed by atoms with Crippen LogP contribution in [-0.2, 0) is 19.1 Å². The van der Waals surface area contributed by atoms with Gasteiger partial charge in [0, 0.05) is 45.2 Å². The second-order valence-corrected chi connectivity index (χ2v) is 16.7. The standard InChI is InChI=1S/C49H66N2O8/c1-56-29-3-5-35-7-11-39(12-8-35)33-58-43-23-16-37(17-24-43)15-22-42(52)32-46(45-27-21-41(50)31-47(45)51)49(54,55)48(53)28-20-38-18-25-44(26-19-38)59-34-40-13-9-36(10-14-40)6-4-30-57-2/h15-28,31,35-36,39-40,46,54-55H,3-14,29-30,32-34,50-51H2,1-2H3. The van der Waals surface area contributed by atoms with Crippen molar-refractivity contribution >= 4 is 35.1 Å². The molecule has 6 N–H and O–H groups in total. The van der Waals surface area contributed by atoms with Crippen LogP contribution in [0, 0.1) is 23.7 Å². The molecule has 0 saturated heterocycles. The van der Waals surface area contributed by atoms with Crippen molar-refractivity contribution in [1.82, 2.24) is 0 Å². The van der Waals surface area contributed by atoms with Gasteiger partial charge in [-0.2, -0.15) is 0 Å². The van der Waals surface area contributed by atoms with E-state index in [9.17, 15) is 19.8 Å².